The molecule has 1 aliphatic rings. The molecule has 30 heavy (non-hydrogen) atoms. The predicted molar refractivity (Wildman–Crippen MR) is 109 cm³/mol. The zero-order valence-electron chi connectivity index (χ0n) is 15.6. The molecule has 0 saturated carbocycles. The first-order valence-corrected chi connectivity index (χ1v) is 9.31. The van der Waals surface area contributed by atoms with Crippen molar-refractivity contribution in [1.29, 1.82) is 0 Å². The van der Waals surface area contributed by atoms with Gasteiger partial charge in [-0.1, -0.05) is 18.2 Å². The van der Waals surface area contributed by atoms with E-state index in [-0.39, 0.29) is 34.0 Å². The maximum absolute atomic E-state index is 14.9. The number of carboxylic acids is 1. The number of hydrogen-bond donors (Lipinski definition) is 3. The number of halogens is 1. The Hall–Kier alpha value is -4.07. The average Bonchev–Trinajstić information content (AvgIpc) is 3.16. The van der Waals surface area contributed by atoms with Crippen LogP contribution in [0.25, 0.3) is 33.7 Å². The molecule has 8 heteroatoms. The molecule has 148 valence electrons. The Balaban J connectivity index is 1.54. The van der Waals surface area contributed by atoms with E-state index < -0.39 is 11.8 Å². The van der Waals surface area contributed by atoms with Crippen LogP contribution in [0.15, 0.2) is 48.7 Å². The van der Waals surface area contributed by atoms with Crippen molar-refractivity contribution in [3.05, 3.63) is 65.6 Å². The average molecular weight is 402 g/mol. The number of aromatic amines is 1. The summed E-state index contributed by atoms with van der Waals surface area (Å²) in [5.74, 6) is -1.46. The molecule has 0 radical (unpaired) electrons. The van der Waals surface area contributed by atoms with E-state index in [4.69, 9.17) is 0 Å². The lowest BCUT2D eigenvalue weighted by Gasteiger charge is -2.17. The number of rotatable bonds is 3. The highest BCUT2D eigenvalue weighted by Crippen LogP contribution is 2.32. The van der Waals surface area contributed by atoms with Gasteiger partial charge in [-0.05, 0) is 47.4 Å². The molecule has 0 spiro atoms. The zero-order chi connectivity index (χ0) is 20.8. The highest BCUT2D eigenvalue weighted by Gasteiger charge is 2.18. The standard InChI is InChI=1S/C22H15FN4O3/c23-16-9-12(13-2-1-11-4-6-18(28)25-17(11)10-13)3-5-14(16)20-26-19-15(22(29)30)7-8-24-21(19)27-20/h1-3,5,7-10H,4,6H2,(H,25,28)(H,29,30)(H,24,26,27). The fourth-order valence-electron chi connectivity index (χ4n) is 3.65. The van der Waals surface area contributed by atoms with E-state index in [1.165, 1.54) is 18.3 Å². The predicted octanol–water partition coefficient (Wildman–Crippen LogP) is 4.01. The molecule has 2 aromatic carbocycles. The molecule has 2 aromatic heterocycles. The molecule has 0 bridgehead atoms. The summed E-state index contributed by atoms with van der Waals surface area (Å²) < 4.78 is 14.9. The van der Waals surface area contributed by atoms with Gasteiger partial charge < -0.3 is 15.4 Å². The number of aryl methyl sites for hydroxylation is 1. The number of benzene rings is 2. The summed E-state index contributed by atoms with van der Waals surface area (Å²) in [7, 11) is 0. The first-order chi connectivity index (χ1) is 14.5. The maximum atomic E-state index is 14.9. The van der Waals surface area contributed by atoms with Gasteiger partial charge in [0.2, 0.25) is 5.91 Å². The van der Waals surface area contributed by atoms with Crippen LogP contribution in [0.1, 0.15) is 22.3 Å². The summed E-state index contributed by atoms with van der Waals surface area (Å²) in [5.41, 5.74) is 3.89. The van der Waals surface area contributed by atoms with Crippen molar-refractivity contribution in [2.75, 3.05) is 5.32 Å². The van der Waals surface area contributed by atoms with Gasteiger partial charge in [-0.2, -0.15) is 0 Å². The molecular formula is C22H15FN4O3. The van der Waals surface area contributed by atoms with Crippen LogP contribution in [-0.2, 0) is 11.2 Å². The van der Waals surface area contributed by atoms with Gasteiger partial charge in [-0.15, -0.1) is 0 Å². The normalized spacial score (nSPS) is 13.2. The van der Waals surface area contributed by atoms with Crippen LogP contribution < -0.4 is 5.32 Å². The topological polar surface area (TPSA) is 108 Å². The van der Waals surface area contributed by atoms with E-state index in [2.05, 4.69) is 20.3 Å². The molecule has 4 aromatic rings. The molecule has 5 rings (SSSR count). The minimum absolute atomic E-state index is 0.00404. The van der Waals surface area contributed by atoms with E-state index in [0.717, 1.165) is 16.8 Å². The van der Waals surface area contributed by atoms with E-state index in [0.29, 0.717) is 18.4 Å². The van der Waals surface area contributed by atoms with E-state index in [1.807, 2.05) is 18.2 Å². The second-order valence-electron chi connectivity index (χ2n) is 7.06. The van der Waals surface area contributed by atoms with E-state index in [1.54, 1.807) is 12.1 Å². The van der Waals surface area contributed by atoms with Gasteiger partial charge in [0, 0.05) is 18.3 Å². The lowest BCUT2D eigenvalue weighted by atomic mass is 9.97. The van der Waals surface area contributed by atoms with E-state index in [9.17, 15) is 19.1 Å². The molecule has 0 fully saturated rings. The molecule has 1 amide bonds. The molecule has 3 heterocycles. The van der Waals surface area contributed by atoms with Crippen LogP contribution in [0.3, 0.4) is 0 Å². The van der Waals surface area contributed by atoms with Gasteiger partial charge in [-0.25, -0.2) is 19.2 Å². The summed E-state index contributed by atoms with van der Waals surface area (Å²) in [6.45, 7) is 0. The first-order valence-electron chi connectivity index (χ1n) is 9.31. The van der Waals surface area contributed by atoms with Crippen LogP contribution in [-0.4, -0.2) is 31.9 Å². The lowest BCUT2D eigenvalue weighted by Crippen LogP contribution is -2.18. The number of carboxylic acid groups (broad SMARTS) is 1. The number of anilines is 1. The first kappa shape index (κ1) is 18.0. The van der Waals surface area contributed by atoms with Crippen molar-refractivity contribution in [2.45, 2.75) is 12.8 Å². The lowest BCUT2D eigenvalue weighted by molar-refractivity contribution is -0.116. The monoisotopic (exact) mass is 402 g/mol. The molecular weight excluding hydrogens is 387 g/mol. The molecule has 0 aliphatic carbocycles. The van der Waals surface area contributed by atoms with Crippen LogP contribution in [0, 0.1) is 5.82 Å². The number of imidazole rings is 1. The number of pyridine rings is 1. The zero-order valence-corrected chi connectivity index (χ0v) is 15.6. The van der Waals surface area contributed by atoms with Gasteiger partial charge in [0.15, 0.2) is 5.65 Å². The van der Waals surface area contributed by atoms with Crippen molar-refractivity contribution in [1.82, 2.24) is 15.0 Å². The fourth-order valence-corrected chi connectivity index (χ4v) is 3.65. The number of H-pyrrole nitrogens is 1. The second kappa shape index (κ2) is 6.77. The molecule has 3 N–H and O–H groups in total. The Kier molecular flexibility index (Phi) is 4.06. The quantitative estimate of drug-likeness (QED) is 0.480. The summed E-state index contributed by atoms with van der Waals surface area (Å²) in [6, 6.07) is 11.8. The minimum atomic E-state index is -1.13. The van der Waals surface area contributed by atoms with Crippen molar-refractivity contribution in [2.24, 2.45) is 0 Å². The Labute approximate surface area is 169 Å². The van der Waals surface area contributed by atoms with Gasteiger partial charge in [0.05, 0.1) is 11.1 Å². The van der Waals surface area contributed by atoms with Crippen molar-refractivity contribution < 1.29 is 19.1 Å². The molecule has 1 aliphatic heterocycles. The second-order valence-corrected chi connectivity index (χ2v) is 7.06. The van der Waals surface area contributed by atoms with Crippen LogP contribution in [0.4, 0.5) is 10.1 Å². The molecule has 0 unspecified atom stereocenters. The smallest absolute Gasteiger partial charge is 0.338 e. The summed E-state index contributed by atoms with van der Waals surface area (Å²) >= 11 is 0. The van der Waals surface area contributed by atoms with Crippen molar-refractivity contribution >= 4 is 28.7 Å². The van der Waals surface area contributed by atoms with Crippen molar-refractivity contribution in [3.8, 4) is 22.5 Å². The number of nitrogens with zero attached hydrogens (tertiary/aromatic N) is 2. The number of fused-ring (bicyclic) bond motifs is 2. The highest BCUT2D eigenvalue weighted by molar-refractivity contribution is 6.00. The summed E-state index contributed by atoms with van der Waals surface area (Å²) in [6.07, 6.45) is 2.51. The Morgan fingerprint density at radius 2 is 1.87 bits per heavy atom. The molecule has 0 atom stereocenters. The minimum Gasteiger partial charge on any atom is -0.478 e. The maximum Gasteiger partial charge on any atom is 0.338 e. The number of carbonyl (C=O) groups is 2. The van der Waals surface area contributed by atoms with Crippen molar-refractivity contribution in [3.63, 3.8) is 0 Å². The SMILES string of the molecule is O=C1CCc2ccc(-c3ccc(-c4nc5c(C(=O)O)ccnc5[nH]4)c(F)c3)cc2N1. The highest BCUT2D eigenvalue weighted by atomic mass is 19.1. The number of amides is 1. The number of aromatic nitrogens is 3. The van der Waals surface area contributed by atoms with Crippen LogP contribution >= 0.6 is 0 Å². The van der Waals surface area contributed by atoms with Gasteiger partial charge in [0.1, 0.15) is 17.2 Å². The third-order valence-corrected chi connectivity index (χ3v) is 5.18. The van der Waals surface area contributed by atoms with Crippen LogP contribution in [0.5, 0.6) is 0 Å². The van der Waals surface area contributed by atoms with E-state index >= 15 is 0 Å². The number of hydrogen-bond acceptors (Lipinski definition) is 4. The van der Waals surface area contributed by atoms with Gasteiger partial charge >= 0.3 is 5.97 Å². The molecule has 7 nitrogen and oxygen atoms in total. The Morgan fingerprint density at radius 3 is 2.67 bits per heavy atom. The third kappa shape index (κ3) is 2.98. The summed E-state index contributed by atoms with van der Waals surface area (Å²) in [5, 5.41) is 12.1. The largest absolute Gasteiger partial charge is 0.478 e. The number of aromatic carboxylic acids is 1. The Morgan fingerprint density at radius 1 is 1.07 bits per heavy atom. The van der Waals surface area contributed by atoms with Gasteiger partial charge in [0.25, 0.3) is 0 Å². The Bertz CT molecular complexity index is 1350. The number of carbonyl (C=O) groups excluding carboxylic acids is 1. The van der Waals surface area contributed by atoms with Gasteiger partial charge in [-0.3, -0.25) is 4.79 Å². The molecule has 0 saturated heterocycles. The van der Waals surface area contributed by atoms with Crippen LogP contribution in [0.2, 0.25) is 0 Å². The fraction of sp³-hybridized carbons (Fsp3) is 0.0909. The number of nitrogens with one attached hydrogen (secondary N) is 2. The third-order valence-electron chi connectivity index (χ3n) is 5.18. The summed E-state index contributed by atoms with van der Waals surface area (Å²) in [4.78, 5) is 34.2.